The molecule has 0 spiro atoms. The van der Waals surface area contributed by atoms with Crippen molar-refractivity contribution in [2.75, 3.05) is 15.8 Å². The molecule has 0 unspecified atom stereocenters. The second-order valence-corrected chi connectivity index (χ2v) is 6.84. The molecular weight excluding hydrogens is 366 g/mol. The Bertz CT molecular complexity index is 952. The van der Waals surface area contributed by atoms with Crippen LogP contribution >= 0.6 is 0 Å². The van der Waals surface area contributed by atoms with Gasteiger partial charge < -0.3 is 5.32 Å². The highest BCUT2D eigenvalue weighted by Gasteiger charge is 2.15. The Morgan fingerprint density at radius 2 is 2.03 bits per heavy atom. The number of rotatable bonds is 6. The molecule has 0 saturated heterocycles. The van der Waals surface area contributed by atoms with E-state index in [9.17, 15) is 10.0 Å². The molecule has 0 aromatic heterocycles. The van der Waals surface area contributed by atoms with Crippen molar-refractivity contribution in [3.63, 3.8) is 0 Å². The first-order valence-electron chi connectivity index (χ1n) is 9.58. The third-order valence-corrected chi connectivity index (χ3v) is 4.90. The maximum atomic E-state index is 12.7. The van der Waals surface area contributed by atoms with Crippen LogP contribution in [0.1, 0.15) is 41.6 Å². The number of benzene rings is 2. The van der Waals surface area contributed by atoms with Crippen LogP contribution in [0, 0.1) is 12.5 Å². The van der Waals surface area contributed by atoms with Crippen LogP contribution in [0.15, 0.2) is 71.6 Å². The minimum Gasteiger partial charge on any atom is -0.322 e. The molecule has 4 N–H and O–H groups in total. The minimum atomic E-state index is -0.279. The smallest absolute Gasteiger partial charge is 0.256 e. The van der Waals surface area contributed by atoms with Crippen molar-refractivity contribution >= 4 is 23.0 Å². The molecule has 1 aliphatic rings. The zero-order valence-electron chi connectivity index (χ0n) is 16.4. The Hall–Kier alpha value is -3.45. The third-order valence-electron chi connectivity index (χ3n) is 4.90. The topological polar surface area (TPSA) is 101 Å². The monoisotopic (exact) mass is 391 g/mol. The lowest BCUT2D eigenvalue weighted by Gasteiger charge is -2.22. The molecule has 0 fully saturated rings. The number of nitrogens with zero attached hydrogens (tertiary/aromatic N) is 2. The molecule has 2 aromatic carbocycles. The number of carbonyl (C=O) groups is 1. The molecule has 0 atom stereocenters. The van der Waals surface area contributed by atoms with Crippen LogP contribution in [0.25, 0.3) is 0 Å². The van der Waals surface area contributed by atoms with Crippen molar-refractivity contribution in [2.24, 2.45) is 5.22 Å². The molecule has 3 rings (SSSR count). The molecule has 2 aromatic rings. The van der Waals surface area contributed by atoms with Crippen LogP contribution < -0.4 is 15.8 Å². The van der Waals surface area contributed by atoms with Gasteiger partial charge in [-0.3, -0.25) is 15.5 Å². The predicted octanol–water partition coefficient (Wildman–Crippen LogP) is 5.81. The molecule has 150 valence electrons. The number of hydrogen-bond acceptors (Lipinski definition) is 5. The average molecular weight is 391 g/mol. The lowest BCUT2D eigenvalue weighted by Crippen LogP contribution is -2.17. The highest BCUT2D eigenvalue weighted by atomic mass is 16.5. The molecular formula is C22H25N5O2. The minimum absolute atomic E-state index is 0.279. The molecule has 29 heavy (non-hydrogen) atoms. The maximum Gasteiger partial charge on any atom is 0.256 e. The van der Waals surface area contributed by atoms with Crippen LogP contribution in [0.2, 0.25) is 0 Å². The van der Waals surface area contributed by atoms with E-state index in [4.69, 9.17) is 5.53 Å². The van der Waals surface area contributed by atoms with Crippen LogP contribution in [-0.4, -0.2) is 11.1 Å². The Morgan fingerprint density at radius 1 is 1.21 bits per heavy atom. The van der Waals surface area contributed by atoms with E-state index in [1.807, 2.05) is 24.3 Å². The first-order valence-corrected chi connectivity index (χ1v) is 9.58. The van der Waals surface area contributed by atoms with Gasteiger partial charge in [0.15, 0.2) is 0 Å². The number of amides is 1. The van der Waals surface area contributed by atoms with Crippen LogP contribution in [0.3, 0.4) is 0 Å². The van der Waals surface area contributed by atoms with E-state index >= 15 is 0 Å². The molecule has 1 aliphatic carbocycles. The Morgan fingerprint density at radius 3 is 2.83 bits per heavy atom. The van der Waals surface area contributed by atoms with Gasteiger partial charge in [0.05, 0.1) is 11.4 Å². The summed E-state index contributed by atoms with van der Waals surface area (Å²) in [5, 5.41) is 17.4. The number of allylic oxidation sites excluding steroid dienone is 4. The summed E-state index contributed by atoms with van der Waals surface area (Å²) in [6, 6.07) is 12.4. The molecule has 0 aliphatic heterocycles. The van der Waals surface area contributed by atoms with E-state index in [-0.39, 0.29) is 5.91 Å². The maximum absolute atomic E-state index is 12.7. The van der Waals surface area contributed by atoms with Crippen molar-refractivity contribution in [2.45, 2.75) is 32.6 Å². The van der Waals surface area contributed by atoms with Gasteiger partial charge in [-0.15, -0.1) is 0 Å². The van der Waals surface area contributed by atoms with Crippen LogP contribution in [-0.2, 0) is 0 Å². The fraction of sp³-hybridized carbons (Fsp3) is 0.227. The van der Waals surface area contributed by atoms with E-state index in [0.717, 1.165) is 31.4 Å². The number of hydrogen-bond donors (Lipinski definition) is 4. The van der Waals surface area contributed by atoms with Gasteiger partial charge in [-0.05, 0) is 74.6 Å². The van der Waals surface area contributed by atoms with E-state index in [2.05, 4.69) is 22.1 Å². The fourth-order valence-corrected chi connectivity index (χ4v) is 3.31. The summed E-state index contributed by atoms with van der Waals surface area (Å²) in [4.78, 5) is 12.7. The average Bonchev–Trinajstić information content (AvgIpc) is 2.70. The number of carbonyl (C=O) groups excluding carboxylic acids is 1. The zero-order chi connectivity index (χ0) is 20.6. The van der Waals surface area contributed by atoms with E-state index in [1.165, 1.54) is 0 Å². The summed E-state index contributed by atoms with van der Waals surface area (Å²) in [6.45, 7) is 1.76. The molecule has 1 amide bonds. The van der Waals surface area contributed by atoms with Gasteiger partial charge in [0, 0.05) is 16.9 Å². The Balaban J connectivity index is 1.83. The molecule has 7 heteroatoms. The quantitative estimate of drug-likeness (QED) is 0.368. The summed E-state index contributed by atoms with van der Waals surface area (Å²) in [6.07, 6.45) is 10.2. The van der Waals surface area contributed by atoms with Crippen LogP contribution in [0.4, 0.5) is 17.1 Å². The van der Waals surface area contributed by atoms with E-state index in [1.54, 1.807) is 42.3 Å². The second-order valence-electron chi connectivity index (χ2n) is 6.84. The van der Waals surface area contributed by atoms with Gasteiger partial charge in [0.2, 0.25) is 0 Å². The summed E-state index contributed by atoms with van der Waals surface area (Å²) < 4.78 is 0. The SMILES string of the molecule is Cc1c(NO)cccc1C(=O)Nc1cccc(N(N=N)/C2=C/C=C\CCCC2)c1. The molecule has 0 saturated carbocycles. The first-order chi connectivity index (χ1) is 14.1. The Labute approximate surface area is 170 Å². The van der Waals surface area contributed by atoms with Gasteiger partial charge in [-0.25, -0.2) is 5.01 Å². The molecule has 0 heterocycles. The van der Waals surface area contributed by atoms with Crippen LogP contribution in [0.5, 0.6) is 0 Å². The first kappa shape index (κ1) is 20.3. The summed E-state index contributed by atoms with van der Waals surface area (Å²) in [7, 11) is 0. The van der Waals surface area contributed by atoms with Gasteiger partial charge in [0.25, 0.3) is 5.91 Å². The summed E-state index contributed by atoms with van der Waals surface area (Å²) in [5.74, 6) is -0.279. The lowest BCUT2D eigenvalue weighted by molar-refractivity contribution is 0.102. The molecule has 0 radical (unpaired) electrons. The van der Waals surface area contributed by atoms with Crippen molar-refractivity contribution in [3.8, 4) is 0 Å². The Kier molecular flexibility index (Phi) is 6.76. The normalized spacial score (nSPS) is 16.6. The van der Waals surface area contributed by atoms with Crippen molar-refractivity contribution in [1.82, 2.24) is 0 Å². The second kappa shape index (κ2) is 9.66. The lowest BCUT2D eigenvalue weighted by atomic mass is 10.1. The molecule has 0 bridgehead atoms. The number of anilines is 3. The third kappa shape index (κ3) is 4.89. The predicted molar refractivity (Wildman–Crippen MR) is 114 cm³/mol. The van der Waals surface area contributed by atoms with Crippen molar-refractivity contribution in [1.29, 1.82) is 5.53 Å². The molecule has 7 nitrogen and oxygen atoms in total. The largest absolute Gasteiger partial charge is 0.322 e. The van der Waals surface area contributed by atoms with Crippen molar-refractivity contribution < 1.29 is 10.0 Å². The van der Waals surface area contributed by atoms with Gasteiger partial charge in [0.1, 0.15) is 0 Å². The standard InChI is InChI=1S/C22H25N5O2/c1-16-20(13-8-14-21(16)25-29)22(28)24-17-9-7-12-19(15-17)27(26-23)18-10-5-3-2-4-6-11-18/h3,5,7-10,12-15,23,25,29H,2,4,6,11H2,1H3,(H,24,28)/b5-3-,18-10+,26-23?. The van der Waals surface area contributed by atoms with Crippen molar-refractivity contribution in [3.05, 3.63) is 77.5 Å². The summed E-state index contributed by atoms with van der Waals surface area (Å²) >= 11 is 0. The van der Waals surface area contributed by atoms with E-state index < -0.39 is 0 Å². The van der Waals surface area contributed by atoms with Gasteiger partial charge >= 0.3 is 0 Å². The zero-order valence-corrected chi connectivity index (χ0v) is 16.4. The van der Waals surface area contributed by atoms with Gasteiger partial charge in [-0.1, -0.05) is 29.5 Å². The fourth-order valence-electron chi connectivity index (χ4n) is 3.31. The van der Waals surface area contributed by atoms with Gasteiger partial charge in [-0.2, -0.15) is 5.53 Å². The van der Waals surface area contributed by atoms with E-state index in [0.29, 0.717) is 28.2 Å². The highest BCUT2D eigenvalue weighted by Crippen LogP contribution is 2.27. The highest BCUT2D eigenvalue weighted by molar-refractivity contribution is 6.06. The number of nitrogens with one attached hydrogen (secondary N) is 3. The summed E-state index contributed by atoms with van der Waals surface area (Å²) in [5.41, 5.74) is 13.6.